The predicted molar refractivity (Wildman–Crippen MR) is 327 cm³/mol. The molecule has 438 valence electrons. The predicted octanol–water partition coefficient (Wildman–Crippen LogP) is 12.3. The van der Waals surface area contributed by atoms with Crippen LogP contribution in [0.15, 0.2) is 115 Å². The van der Waals surface area contributed by atoms with Crippen molar-refractivity contribution in [2.24, 2.45) is 7.05 Å². The molecule has 3 aliphatic heterocycles. The van der Waals surface area contributed by atoms with Crippen molar-refractivity contribution in [1.82, 2.24) is 65.1 Å². The van der Waals surface area contributed by atoms with Gasteiger partial charge in [-0.15, -0.1) is 0 Å². The quantitative estimate of drug-likeness (QED) is 0.0871. The number of aryl methyl sites for hydroxylation is 1. The third kappa shape index (κ3) is 12.2. The topological polar surface area (TPSA) is 236 Å². The second-order valence-corrected chi connectivity index (χ2v) is 23.5. The number of alkyl halides is 2. The third-order valence-electron chi connectivity index (χ3n) is 16.5. The minimum Gasteiger partial charge on any atom is -0.449 e. The van der Waals surface area contributed by atoms with Crippen molar-refractivity contribution in [3.63, 3.8) is 0 Å². The number of imidazole rings is 1. The standard InChI is InChI=1S/2C15H17ClN6.C15H15ClN4O.C13H13ClF2N2O/c16-10-7-13-12(9-18-20-13)14(8-10)21-5-2-11(3-6-21)22-15(17)1-4-19-22;1-20-3-2-17-15(20)22-6-4-21(5-7-22)14-9-11(16)8-13-12(14)10-18-19-13;16-11-7-13-12(9-18-19-13)14(8-11)20-4-1-10(2-5-20)15-17-3-6-21-15;14-8-5-10(9-7-17-18-11(9)6-8)12(19)1-3-13(15,16)4-2-12/h1,4,7-9,11H,2-3,5-6,17H2,(H,18,20);2-3,8-10H,4-7H2,1H3,(H,18,19);3,6-10H,1-2,4-5H2,(H,18,19);5-7,19H,1-4H2,(H,17,18). The van der Waals surface area contributed by atoms with Gasteiger partial charge in [0.25, 0.3) is 0 Å². The highest BCUT2D eigenvalue weighted by molar-refractivity contribution is 6.33. The minimum absolute atomic E-state index is 0.0284. The summed E-state index contributed by atoms with van der Waals surface area (Å²) in [7, 11) is 2.03. The van der Waals surface area contributed by atoms with Gasteiger partial charge in [-0.25, -0.2) is 23.4 Å². The molecule has 0 amide bonds. The molecule has 10 heterocycles. The third-order valence-corrected chi connectivity index (χ3v) is 17.4. The summed E-state index contributed by atoms with van der Waals surface area (Å²) in [6.45, 7) is 7.59. The van der Waals surface area contributed by atoms with Crippen LogP contribution in [0.1, 0.15) is 74.8 Å². The molecular weight excluding hydrogens is 1160 g/mol. The van der Waals surface area contributed by atoms with E-state index in [9.17, 15) is 13.9 Å². The molecule has 7 N–H and O–H groups in total. The van der Waals surface area contributed by atoms with Crippen LogP contribution in [0.2, 0.25) is 20.1 Å². The van der Waals surface area contributed by atoms with Gasteiger partial charge >= 0.3 is 0 Å². The average Bonchev–Trinajstić information content (AvgIpc) is 3.48. The number of anilines is 5. The van der Waals surface area contributed by atoms with Crippen molar-refractivity contribution in [2.45, 2.75) is 74.8 Å². The van der Waals surface area contributed by atoms with Crippen LogP contribution < -0.4 is 25.3 Å². The molecule has 7 aromatic heterocycles. The summed E-state index contributed by atoms with van der Waals surface area (Å²) in [5.74, 6) is 0.349. The Balaban J connectivity index is 0.000000110. The van der Waals surface area contributed by atoms with Gasteiger partial charge < -0.3 is 39.4 Å². The van der Waals surface area contributed by atoms with Crippen LogP contribution in [0.3, 0.4) is 0 Å². The number of nitrogens with zero attached hydrogens (tertiary/aromatic N) is 13. The minimum atomic E-state index is -2.68. The summed E-state index contributed by atoms with van der Waals surface area (Å²) >= 11 is 24.7. The summed E-state index contributed by atoms with van der Waals surface area (Å²) in [4.78, 5) is 18.1. The van der Waals surface area contributed by atoms with E-state index in [4.69, 9.17) is 56.6 Å². The zero-order chi connectivity index (χ0) is 58.1. The van der Waals surface area contributed by atoms with Crippen molar-refractivity contribution in [3.05, 3.63) is 142 Å². The maximum Gasteiger partial charge on any atom is 0.248 e. The summed E-state index contributed by atoms with van der Waals surface area (Å²) in [6, 6.07) is 17.3. The van der Waals surface area contributed by atoms with Crippen LogP contribution >= 0.6 is 46.4 Å². The summed E-state index contributed by atoms with van der Waals surface area (Å²) in [5.41, 5.74) is 12.4. The normalized spacial score (nSPS) is 17.5. The lowest BCUT2D eigenvalue weighted by molar-refractivity contribution is -0.106. The van der Waals surface area contributed by atoms with Crippen LogP contribution in [-0.4, -0.2) is 128 Å². The number of aromatic nitrogens is 13. The van der Waals surface area contributed by atoms with Crippen LogP contribution in [-0.2, 0) is 12.6 Å². The number of fused-ring (bicyclic) bond motifs is 4. The first kappa shape index (κ1) is 56.8. The monoisotopic (exact) mass is 1220 g/mol. The summed E-state index contributed by atoms with van der Waals surface area (Å²) in [6.07, 6.45) is 19.6. The van der Waals surface area contributed by atoms with Crippen LogP contribution in [0, 0.1) is 0 Å². The Morgan fingerprint density at radius 3 is 1.50 bits per heavy atom. The Morgan fingerprint density at radius 2 is 1.04 bits per heavy atom. The van der Waals surface area contributed by atoms with E-state index in [1.165, 1.54) is 0 Å². The molecule has 1 aliphatic carbocycles. The highest BCUT2D eigenvalue weighted by Crippen LogP contribution is 2.46. The fourth-order valence-corrected chi connectivity index (χ4v) is 12.9. The lowest BCUT2D eigenvalue weighted by Gasteiger charge is -2.36. The second-order valence-electron chi connectivity index (χ2n) is 21.8. The molecule has 15 rings (SSSR count). The lowest BCUT2D eigenvalue weighted by atomic mass is 9.77. The molecule has 1 saturated carbocycles. The van der Waals surface area contributed by atoms with Crippen LogP contribution in [0.4, 0.5) is 37.6 Å². The summed E-state index contributed by atoms with van der Waals surface area (Å²) in [5, 5.41) is 49.8. The van der Waals surface area contributed by atoms with Crippen molar-refractivity contribution < 1.29 is 18.3 Å². The number of halogens is 6. The molecule has 0 radical (unpaired) electrons. The number of piperidine rings is 2. The van der Waals surface area contributed by atoms with E-state index in [2.05, 4.69) is 80.0 Å². The molecule has 11 aromatic rings. The molecule has 0 unspecified atom stereocenters. The zero-order valence-electron chi connectivity index (χ0n) is 45.9. The highest BCUT2D eigenvalue weighted by Gasteiger charge is 2.44. The fourth-order valence-electron chi connectivity index (χ4n) is 12.1. The fraction of sp³-hybridized carbons (Fsp3) is 0.362. The molecule has 3 saturated heterocycles. The molecule has 4 fully saturated rings. The Morgan fingerprint density at radius 1 is 0.571 bits per heavy atom. The Hall–Kier alpha value is -7.63. The van der Waals surface area contributed by atoms with Crippen molar-refractivity contribution in [3.8, 4) is 0 Å². The smallest absolute Gasteiger partial charge is 0.248 e. The summed E-state index contributed by atoms with van der Waals surface area (Å²) < 4.78 is 35.9. The molecule has 4 aliphatic rings. The number of oxazole rings is 1. The van der Waals surface area contributed by atoms with Gasteiger partial charge in [-0.05, 0) is 98.7 Å². The van der Waals surface area contributed by atoms with Crippen molar-refractivity contribution in [1.29, 1.82) is 0 Å². The first-order valence-electron chi connectivity index (χ1n) is 27.9. The van der Waals surface area contributed by atoms with Gasteiger partial charge in [-0.1, -0.05) is 46.4 Å². The Labute approximate surface area is 501 Å². The molecule has 20 nitrogen and oxygen atoms in total. The molecule has 0 bridgehead atoms. The maximum absolute atomic E-state index is 13.2. The first-order valence-corrected chi connectivity index (χ1v) is 29.4. The lowest BCUT2D eigenvalue weighted by Crippen LogP contribution is -2.47. The van der Waals surface area contributed by atoms with Gasteiger partial charge in [0.15, 0.2) is 5.89 Å². The van der Waals surface area contributed by atoms with Gasteiger partial charge in [0.1, 0.15) is 12.1 Å². The van der Waals surface area contributed by atoms with E-state index in [1.807, 2.05) is 85.2 Å². The van der Waals surface area contributed by atoms with Crippen LogP contribution in [0.25, 0.3) is 43.6 Å². The number of nitrogen functional groups attached to an aromatic ring is 1. The molecule has 4 aromatic carbocycles. The largest absolute Gasteiger partial charge is 0.449 e. The number of nitrogens with two attached hydrogens (primary N) is 1. The van der Waals surface area contributed by atoms with E-state index in [1.54, 1.807) is 37.0 Å². The zero-order valence-corrected chi connectivity index (χ0v) is 48.9. The number of hydrogen-bond acceptors (Lipinski definition) is 14. The number of piperazine rings is 1. The Kier molecular flexibility index (Phi) is 16.3. The van der Waals surface area contributed by atoms with Gasteiger partial charge in [-0.3, -0.25) is 20.4 Å². The number of H-pyrrole nitrogens is 4. The number of aromatic amines is 4. The number of nitrogens with one attached hydrogen (secondary N) is 4. The van der Waals surface area contributed by atoms with Crippen molar-refractivity contribution in [2.75, 3.05) is 77.7 Å². The van der Waals surface area contributed by atoms with E-state index in [-0.39, 0.29) is 25.7 Å². The van der Waals surface area contributed by atoms with E-state index in [0.29, 0.717) is 28.1 Å². The highest BCUT2D eigenvalue weighted by atomic mass is 35.5. The van der Waals surface area contributed by atoms with Gasteiger partial charge in [0.2, 0.25) is 11.9 Å². The molecule has 84 heavy (non-hydrogen) atoms. The van der Waals surface area contributed by atoms with Crippen LogP contribution in [0.5, 0.6) is 0 Å². The molecule has 26 heteroatoms. The van der Waals surface area contributed by atoms with E-state index in [0.717, 1.165) is 166 Å². The SMILES string of the molecule is Clc1cc(N2CCC(c3ncco3)CC2)c2cn[nH]c2c1.Cn1ccnc1N1CCN(c2cc(Cl)cc3[nH]ncc23)CC1.Nc1ccnn1C1CCN(c2cc(Cl)cc3[nH]ncc23)CC1.OC1(c2cc(Cl)cc3[nH]ncc23)CCC(F)(F)CC1. The number of rotatable bonds is 7. The van der Waals surface area contributed by atoms with E-state index < -0.39 is 11.5 Å². The average molecular weight is 1220 g/mol. The van der Waals surface area contributed by atoms with Gasteiger partial charge in [-0.2, -0.15) is 25.5 Å². The number of benzene rings is 4. The number of aliphatic hydroxyl groups is 1. The second kappa shape index (κ2) is 24.2. The Bertz CT molecular complexity index is 3850. The number of hydrogen-bond donors (Lipinski definition) is 6. The maximum atomic E-state index is 13.2. The molecular formula is C58H62Cl4F2N18O2. The molecule has 0 spiro atoms. The van der Waals surface area contributed by atoms with E-state index >= 15 is 0 Å². The van der Waals surface area contributed by atoms with Crippen molar-refractivity contribution >= 4 is 119 Å². The van der Waals surface area contributed by atoms with Gasteiger partial charge in [0.05, 0.1) is 70.9 Å². The van der Waals surface area contributed by atoms with Gasteiger partial charge in [0, 0.05) is 149 Å². The first-order chi connectivity index (χ1) is 40.6. The molecule has 0 atom stereocenters.